The van der Waals surface area contributed by atoms with Crippen LogP contribution in [0.15, 0.2) is 0 Å². The lowest BCUT2D eigenvalue weighted by Crippen LogP contribution is -2.50. The van der Waals surface area contributed by atoms with Gasteiger partial charge in [0.1, 0.15) is 0 Å². The molecule has 2 atom stereocenters. The Hall–Kier alpha value is -0.160. The van der Waals surface area contributed by atoms with E-state index < -0.39 is 0 Å². The lowest BCUT2D eigenvalue weighted by atomic mass is 10.2. The van der Waals surface area contributed by atoms with E-state index in [0.29, 0.717) is 12.1 Å². The van der Waals surface area contributed by atoms with Crippen LogP contribution < -0.4 is 5.32 Å². The molecule has 0 saturated carbocycles. The Morgan fingerprint density at radius 1 is 1.12 bits per heavy atom. The lowest BCUT2D eigenvalue weighted by Gasteiger charge is -2.35. The number of hydrogen-bond donors (Lipinski definition) is 1. The molecule has 2 unspecified atom stereocenters. The van der Waals surface area contributed by atoms with Crippen molar-refractivity contribution in [2.45, 2.75) is 32.9 Å². The number of methoxy groups -OCH3 is 2. The molecule has 0 aromatic heterocycles. The van der Waals surface area contributed by atoms with Crippen LogP contribution in [-0.2, 0) is 9.47 Å². The highest BCUT2D eigenvalue weighted by Crippen LogP contribution is 2.06. The highest BCUT2D eigenvalue weighted by molar-refractivity contribution is 4.77. The van der Waals surface area contributed by atoms with E-state index in [0.717, 1.165) is 32.8 Å². The molecule has 0 aliphatic rings. The highest BCUT2D eigenvalue weighted by Gasteiger charge is 2.21. The molecule has 98 valence electrons. The number of rotatable bonds is 10. The summed E-state index contributed by atoms with van der Waals surface area (Å²) in [6.07, 6.45) is 0. The predicted molar refractivity (Wildman–Crippen MR) is 67.9 cm³/mol. The summed E-state index contributed by atoms with van der Waals surface area (Å²) in [6, 6.07) is 0.842. The first-order chi connectivity index (χ1) is 7.71. The van der Waals surface area contributed by atoms with Gasteiger partial charge in [-0.1, -0.05) is 13.8 Å². The van der Waals surface area contributed by atoms with Gasteiger partial charge in [-0.15, -0.1) is 0 Å². The Bertz CT molecular complexity index is 156. The molecule has 0 fully saturated rings. The highest BCUT2D eigenvalue weighted by atomic mass is 16.5. The van der Waals surface area contributed by atoms with Crippen LogP contribution in [0, 0.1) is 0 Å². The summed E-state index contributed by atoms with van der Waals surface area (Å²) < 4.78 is 10.5. The second kappa shape index (κ2) is 10.0. The number of ether oxygens (including phenoxy) is 2. The first kappa shape index (κ1) is 15.8. The van der Waals surface area contributed by atoms with Gasteiger partial charge in [-0.05, 0) is 20.0 Å². The third-order valence-corrected chi connectivity index (χ3v) is 2.80. The maximum absolute atomic E-state index is 5.29. The molecule has 4 heteroatoms. The van der Waals surface area contributed by atoms with E-state index in [2.05, 4.69) is 31.0 Å². The van der Waals surface area contributed by atoms with Gasteiger partial charge in [-0.3, -0.25) is 4.90 Å². The Morgan fingerprint density at radius 3 is 2.19 bits per heavy atom. The molecule has 0 aliphatic carbocycles. The number of hydrogen-bond acceptors (Lipinski definition) is 4. The summed E-state index contributed by atoms with van der Waals surface area (Å²) in [5.41, 5.74) is 0. The molecule has 0 aromatic rings. The minimum absolute atomic E-state index is 0.417. The van der Waals surface area contributed by atoms with Gasteiger partial charge in [0.25, 0.3) is 0 Å². The van der Waals surface area contributed by atoms with Crippen LogP contribution in [0.2, 0.25) is 0 Å². The summed E-state index contributed by atoms with van der Waals surface area (Å²) in [5, 5.41) is 3.38. The zero-order chi connectivity index (χ0) is 12.4. The van der Waals surface area contributed by atoms with Crippen LogP contribution in [0.4, 0.5) is 0 Å². The molecule has 0 aromatic carbocycles. The maximum atomic E-state index is 5.29. The Labute approximate surface area is 100 Å². The largest absolute Gasteiger partial charge is 0.383 e. The normalized spacial score (nSPS) is 15.4. The third-order valence-electron chi connectivity index (χ3n) is 2.80. The SMILES string of the molecule is CCNCC(COC)N(CC)C(C)COC. The number of nitrogens with zero attached hydrogens (tertiary/aromatic N) is 1. The van der Waals surface area contributed by atoms with E-state index in [9.17, 15) is 0 Å². The van der Waals surface area contributed by atoms with Crippen molar-refractivity contribution >= 4 is 0 Å². The van der Waals surface area contributed by atoms with E-state index in [4.69, 9.17) is 9.47 Å². The summed E-state index contributed by atoms with van der Waals surface area (Å²) >= 11 is 0. The first-order valence-electron chi connectivity index (χ1n) is 6.15. The van der Waals surface area contributed by atoms with Crippen LogP contribution in [0.3, 0.4) is 0 Å². The number of nitrogens with one attached hydrogen (secondary N) is 1. The van der Waals surface area contributed by atoms with Gasteiger partial charge in [0, 0.05) is 32.8 Å². The zero-order valence-corrected chi connectivity index (χ0v) is 11.5. The molecule has 0 aliphatic heterocycles. The van der Waals surface area contributed by atoms with Crippen molar-refractivity contribution in [1.82, 2.24) is 10.2 Å². The minimum atomic E-state index is 0.417. The molecule has 0 radical (unpaired) electrons. The first-order valence-corrected chi connectivity index (χ1v) is 6.15. The van der Waals surface area contributed by atoms with Gasteiger partial charge in [-0.25, -0.2) is 0 Å². The zero-order valence-electron chi connectivity index (χ0n) is 11.5. The molecule has 0 heterocycles. The Morgan fingerprint density at radius 2 is 1.75 bits per heavy atom. The van der Waals surface area contributed by atoms with Gasteiger partial charge < -0.3 is 14.8 Å². The van der Waals surface area contributed by atoms with Crippen LogP contribution in [0.25, 0.3) is 0 Å². The fourth-order valence-corrected chi connectivity index (χ4v) is 2.04. The topological polar surface area (TPSA) is 33.7 Å². The number of likely N-dealkylation sites (N-methyl/N-ethyl adjacent to an activating group) is 2. The molecular weight excluding hydrogens is 204 g/mol. The molecule has 0 rings (SSSR count). The second-order valence-electron chi connectivity index (χ2n) is 4.05. The second-order valence-corrected chi connectivity index (χ2v) is 4.05. The fraction of sp³-hybridized carbons (Fsp3) is 1.00. The van der Waals surface area contributed by atoms with Crippen molar-refractivity contribution in [1.29, 1.82) is 0 Å². The van der Waals surface area contributed by atoms with Crippen LogP contribution in [-0.4, -0.2) is 64.1 Å². The average molecular weight is 232 g/mol. The van der Waals surface area contributed by atoms with E-state index in [1.165, 1.54) is 0 Å². The van der Waals surface area contributed by atoms with Crippen LogP contribution in [0.5, 0.6) is 0 Å². The molecule has 16 heavy (non-hydrogen) atoms. The molecule has 0 saturated heterocycles. The standard InChI is InChI=1S/C12H28N2O2/c1-6-13-8-12(10-16-5)14(7-2)11(3)9-15-4/h11-13H,6-10H2,1-5H3. The molecular formula is C12H28N2O2. The van der Waals surface area contributed by atoms with Crippen LogP contribution in [0.1, 0.15) is 20.8 Å². The molecule has 0 amide bonds. The van der Waals surface area contributed by atoms with Crippen LogP contribution >= 0.6 is 0 Å². The van der Waals surface area contributed by atoms with Crippen molar-refractivity contribution in [3.05, 3.63) is 0 Å². The quantitative estimate of drug-likeness (QED) is 0.608. The van der Waals surface area contributed by atoms with E-state index in [-0.39, 0.29) is 0 Å². The van der Waals surface area contributed by atoms with Crippen molar-refractivity contribution < 1.29 is 9.47 Å². The van der Waals surface area contributed by atoms with Gasteiger partial charge in [0.15, 0.2) is 0 Å². The average Bonchev–Trinajstić information content (AvgIpc) is 2.27. The van der Waals surface area contributed by atoms with Crippen molar-refractivity contribution in [2.75, 3.05) is 47.1 Å². The smallest absolute Gasteiger partial charge is 0.0630 e. The van der Waals surface area contributed by atoms with Gasteiger partial charge in [0.05, 0.1) is 13.2 Å². The summed E-state index contributed by atoms with van der Waals surface area (Å²) in [6.45, 7) is 11.0. The Balaban J connectivity index is 4.30. The maximum Gasteiger partial charge on any atom is 0.0630 e. The minimum Gasteiger partial charge on any atom is -0.383 e. The predicted octanol–water partition coefficient (Wildman–Crippen LogP) is 0.968. The van der Waals surface area contributed by atoms with Gasteiger partial charge in [0.2, 0.25) is 0 Å². The monoisotopic (exact) mass is 232 g/mol. The van der Waals surface area contributed by atoms with Gasteiger partial charge in [-0.2, -0.15) is 0 Å². The molecule has 4 nitrogen and oxygen atoms in total. The van der Waals surface area contributed by atoms with E-state index in [1.54, 1.807) is 14.2 Å². The fourth-order valence-electron chi connectivity index (χ4n) is 2.04. The van der Waals surface area contributed by atoms with E-state index in [1.807, 2.05) is 0 Å². The summed E-state index contributed by atoms with van der Waals surface area (Å²) in [5.74, 6) is 0. The lowest BCUT2D eigenvalue weighted by molar-refractivity contribution is 0.0363. The molecule has 0 bridgehead atoms. The molecule has 0 spiro atoms. The Kier molecular flexibility index (Phi) is 9.92. The van der Waals surface area contributed by atoms with Crippen molar-refractivity contribution in [2.24, 2.45) is 0 Å². The third kappa shape index (κ3) is 5.80. The van der Waals surface area contributed by atoms with E-state index >= 15 is 0 Å². The summed E-state index contributed by atoms with van der Waals surface area (Å²) in [7, 11) is 3.51. The van der Waals surface area contributed by atoms with Crippen molar-refractivity contribution in [3.8, 4) is 0 Å². The van der Waals surface area contributed by atoms with Gasteiger partial charge >= 0.3 is 0 Å². The molecule has 1 N–H and O–H groups in total. The summed E-state index contributed by atoms with van der Waals surface area (Å²) in [4.78, 5) is 2.43. The van der Waals surface area contributed by atoms with Crippen molar-refractivity contribution in [3.63, 3.8) is 0 Å².